The minimum Gasteiger partial charge on any atom is -0.368 e. The molecule has 0 unspecified atom stereocenters. The molecule has 2 rings (SSSR count). The Kier molecular flexibility index (Phi) is 5.56. The zero-order valence-electron chi connectivity index (χ0n) is 12.6. The molecular formula is C16H24FN3O. The van der Waals surface area contributed by atoms with Crippen LogP contribution in [0, 0.1) is 5.82 Å². The average molecular weight is 293 g/mol. The molecule has 0 aromatic heterocycles. The number of halogens is 1. The molecule has 3 N–H and O–H groups in total. The number of hydrogen-bond acceptors (Lipinski definition) is 3. The van der Waals surface area contributed by atoms with Crippen molar-refractivity contribution in [2.75, 3.05) is 18.0 Å². The number of amides is 1. The minimum atomic E-state index is -0.374. The predicted octanol–water partition coefficient (Wildman–Crippen LogP) is 2.17. The molecule has 0 heterocycles. The van der Waals surface area contributed by atoms with Crippen molar-refractivity contribution >= 4 is 11.6 Å². The first-order valence-electron chi connectivity index (χ1n) is 7.66. The third-order valence-electron chi connectivity index (χ3n) is 4.05. The third-order valence-corrected chi connectivity index (χ3v) is 4.05. The lowest BCUT2D eigenvalue weighted by molar-refractivity contribution is -0.116. The van der Waals surface area contributed by atoms with Crippen LogP contribution in [0.25, 0.3) is 0 Å². The highest BCUT2D eigenvalue weighted by molar-refractivity contribution is 5.80. The molecule has 0 saturated heterocycles. The highest BCUT2D eigenvalue weighted by atomic mass is 19.1. The number of nitrogens with zero attached hydrogens (tertiary/aromatic N) is 1. The summed E-state index contributed by atoms with van der Waals surface area (Å²) in [6.45, 7) is 3.36. The fourth-order valence-electron chi connectivity index (χ4n) is 3.04. The number of rotatable bonds is 7. The van der Waals surface area contributed by atoms with E-state index in [0.717, 1.165) is 37.9 Å². The maximum Gasteiger partial charge on any atom is 0.236 e. The van der Waals surface area contributed by atoms with Crippen molar-refractivity contribution in [1.29, 1.82) is 0 Å². The van der Waals surface area contributed by atoms with E-state index in [2.05, 4.69) is 5.32 Å². The van der Waals surface area contributed by atoms with Crippen molar-refractivity contribution < 1.29 is 9.18 Å². The molecule has 1 aliphatic rings. The summed E-state index contributed by atoms with van der Waals surface area (Å²) in [6.07, 6.45) is 4.37. The number of nitrogens with two attached hydrogens (primary N) is 1. The van der Waals surface area contributed by atoms with E-state index in [1.807, 2.05) is 17.9 Å². The van der Waals surface area contributed by atoms with Gasteiger partial charge in [-0.2, -0.15) is 0 Å². The van der Waals surface area contributed by atoms with Gasteiger partial charge in [0.2, 0.25) is 5.91 Å². The summed E-state index contributed by atoms with van der Waals surface area (Å²) in [7, 11) is 0. The van der Waals surface area contributed by atoms with Crippen molar-refractivity contribution in [3.8, 4) is 0 Å². The average Bonchev–Trinajstić information content (AvgIpc) is 2.97. The molecule has 1 aromatic carbocycles. The second kappa shape index (κ2) is 7.41. The van der Waals surface area contributed by atoms with Gasteiger partial charge in [-0.1, -0.05) is 25.8 Å². The Morgan fingerprint density at radius 1 is 1.43 bits per heavy atom. The highest BCUT2D eigenvalue weighted by Gasteiger charge is 2.26. The zero-order valence-corrected chi connectivity index (χ0v) is 12.6. The van der Waals surface area contributed by atoms with Crippen molar-refractivity contribution in [3.63, 3.8) is 0 Å². The summed E-state index contributed by atoms with van der Waals surface area (Å²) in [4.78, 5) is 13.4. The van der Waals surface area contributed by atoms with E-state index in [9.17, 15) is 9.18 Å². The number of carbonyl (C=O) groups is 1. The van der Waals surface area contributed by atoms with Crippen LogP contribution in [0.4, 0.5) is 10.1 Å². The zero-order chi connectivity index (χ0) is 15.2. The fourth-order valence-corrected chi connectivity index (χ4v) is 3.04. The minimum absolute atomic E-state index is 0.146. The molecule has 0 radical (unpaired) electrons. The summed E-state index contributed by atoms with van der Waals surface area (Å²) in [5.41, 5.74) is 6.81. The monoisotopic (exact) mass is 293 g/mol. The van der Waals surface area contributed by atoms with Crippen molar-refractivity contribution in [1.82, 2.24) is 5.32 Å². The van der Waals surface area contributed by atoms with E-state index in [1.165, 1.54) is 6.07 Å². The van der Waals surface area contributed by atoms with Crippen molar-refractivity contribution in [3.05, 3.63) is 29.6 Å². The van der Waals surface area contributed by atoms with Crippen LogP contribution in [0.1, 0.15) is 38.2 Å². The van der Waals surface area contributed by atoms with Crippen molar-refractivity contribution in [2.45, 2.75) is 45.2 Å². The largest absolute Gasteiger partial charge is 0.368 e. The van der Waals surface area contributed by atoms with Crippen LogP contribution in [0.15, 0.2) is 18.2 Å². The highest BCUT2D eigenvalue weighted by Crippen LogP contribution is 2.31. The Hall–Kier alpha value is -1.62. The number of carbonyl (C=O) groups excluding carboxylic acids is 1. The Balaban J connectivity index is 2.33. The lowest BCUT2D eigenvalue weighted by Crippen LogP contribution is -2.41. The Morgan fingerprint density at radius 3 is 2.76 bits per heavy atom. The van der Waals surface area contributed by atoms with Gasteiger partial charge in [0, 0.05) is 23.8 Å². The lowest BCUT2D eigenvalue weighted by Gasteiger charge is -2.32. The van der Waals surface area contributed by atoms with Gasteiger partial charge in [-0.15, -0.1) is 0 Å². The molecule has 1 aliphatic carbocycles. The van der Waals surface area contributed by atoms with Crippen LogP contribution >= 0.6 is 0 Å². The van der Waals surface area contributed by atoms with E-state index in [-0.39, 0.29) is 24.3 Å². The number of anilines is 1. The SMILES string of the molecule is CCNCc1c(F)cccc1N(CC(N)=O)C1CCCC1. The van der Waals surface area contributed by atoms with Crippen LogP contribution < -0.4 is 16.0 Å². The first-order valence-corrected chi connectivity index (χ1v) is 7.66. The molecule has 21 heavy (non-hydrogen) atoms. The summed E-state index contributed by atoms with van der Waals surface area (Å²) >= 11 is 0. The number of nitrogens with one attached hydrogen (secondary N) is 1. The number of hydrogen-bond donors (Lipinski definition) is 2. The van der Waals surface area contributed by atoms with Crippen LogP contribution in [0.5, 0.6) is 0 Å². The van der Waals surface area contributed by atoms with E-state index in [1.54, 1.807) is 6.07 Å². The van der Waals surface area contributed by atoms with Crippen LogP contribution in [0.2, 0.25) is 0 Å². The topological polar surface area (TPSA) is 58.4 Å². The molecule has 5 heteroatoms. The van der Waals surface area contributed by atoms with Crippen molar-refractivity contribution in [2.24, 2.45) is 5.73 Å². The maximum absolute atomic E-state index is 14.2. The lowest BCUT2D eigenvalue weighted by atomic mass is 10.1. The maximum atomic E-state index is 14.2. The van der Waals surface area contributed by atoms with Gasteiger partial charge >= 0.3 is 0 Å². The summed E-state index contributed by atoms with van der Waals surface area (Å²) < 4.78 is 14.2. The summed E-state index contributed by atoms with van der Waals surface area (Å²) in [5, 5.41) is 3.16. The van der Waals surface area contributed by atoms with Gasteiger partial charge in [-0.25, -0.2) is 4.39 Å². The molecule has 0 bridgehead atoms. The van der Waals surface area contributed by atoms with E-state index in [4.69, 9.17) is 5.73 Å². The van der Waals surface area contributed by atoms with Crippen LogP contribution in [-0.4, -0.2) is 25.0 Å². The van der Waals surface area contributed by atoms with Gasteiger partial charge in [-0.3, -0.25) is 4.79 Å². The smallest absolute Gasteiger partial charge is 0.236 e. The molecule has 0 aliphatic heterocycles. The molecule has 1 fully saturated rings. The van der Waals surface area contributed by atoms with E-state index < -0.39 is 0 Å². The predicted molar refractivity (Wildman–Crippen MR) is 82.6 cm³/mol. The van der Waals surface area contributed by atoms with Gasteiger partial charge in [0.15, 0.2) is 0 Å². The van der Waals surface area contributed by atoms with E-state index in [0.29, 0.717) is 12.1 Å². The molecule has 0 spiro atoms. The first-order chi connectivity index (χ1) is 10.1. The molecular weight excluding hydrogens is 269 g/mol. The van der Waals surface area contributed by atoms with Gasteiger partial charge in [0.1, 0.15) is 5.82 Å². The van der Waals surface area contributed by atoms with Crippen LogP contribution in [-0.2, 0) is 11.3 Å². The number of benzene rings is 1. The third kappa shape index (κ3) is 3.94. The standard InChI is InChI=1S/C16H24FN3O/c1-2-19-10-13-14(17)8-5-9-15(13)20(11-16(18)21)12-6-3-4-7-12/h5,8-9,12,19H,2-4,6-7,10-11H2,1H3,(H2,18,21). The summed E-state index contributed by atoms with van der Waals surface area (Å²) in [5.74, 6) is -0.610. The number of primary amides is 1. The first kappa shape index (κ1) is 15.8. The normalized spacial score (nSPS) is 15.3. The molecule has 0 atom stereocenters. The van der Waals surface area contributed by atoms with Gasteiger partial charge in [0.25, 0.3) is 0 Å². The Bertz CT molecular complexity index is 486. The Labute approximate surface area is 125 Å². The second-order valence-corrected chi connectivity index (χ2v) is 5.55. The molecule has 1 amide bonds. The molecule has 116 valence electrons. The van der Waals surface area contributed by atoms with E-state index >= 15 is 0 Å². The Morgan fingerprint density at radius 2 is 2.14 bits per heavy atom. The summed E-state index contributed by atoms with van der Waals surface area (Å²) in [6, 6.07) is 5.33. The second-order valence-electron chi connectivity index (χ2n) is 5.55. The van der Waals surface area contributed by atoms with Gasteiger partial charge < -0.3 is 16.0 Å². The van der Waals surface area contributed by atoms with Crippen LogP contribution in [0.3, 0.4) is 0 Å². The fraction of sp³-hybridized carbons (Fsp3) is 0.562. The molecule has 1 aromatic rings. The molecule has 4 nitrogen and oxygen atoms in total. The van der Waals surface area contributed by atoms with Gasteiger partial charge in [0.05, 0.1) is 6.54 Å². The van der Waals surface area contributed by atoms with Gasteiger partial charge in [-0.05, 0) is 31.5 Å². The quantitative estimate of drug-likeness (QED) is 0.810. The molecule has 1 saturated carbocycles.